The van der Waals surface area contributed by atoms with Gasteiger partial charge in [0.1, 0.15) is 0 Å². The minimum atomic E-state index is -0.583. The van der Waals surface area contributed by atoms with Gasteiger partial charge in [-0.2, -0.15) is 0 Å². The maximum atomic E-state index is 9.90. The van der Waals surface area contributed by atoms with Gasteiger partial charge in [0.2, 0.25) is 0 Å². The lowest BCUT2D eigenvalue weighted by Crippen LogP contribution is -2.44. The molecule has 0 aromatic heterocycles. The van der Waals surface area contributed by atoms with Crippen LogP contribution in [0.1, 0.15) is 24.1 Å². The fourth-order valence-corrected chi connectivity index (χ4v) is 2.59. The number of nitrogens with zero attached hydrogens (tertiary/aromatic N) is 1. The Morgan fingerprint density at radius 3 is 2.39 bits per heavy atom. The Morgan fingerprint density at radius 2 is 1.78 bits per heavy atom. The Morgan fingerprint density at radius 1 is 1.09 bits per heavy atom. The number of aliphatic hydroxyl groups is 1. The van der Waals surface area contributed by atoms with Gasteiger partial charge in [0, 0.05) is 32.4 Å². The number of hydrogen-bond donors (Lipinski definition) is 3. The Balaban J connectivity index is 2.14. The average Bonchev–Trinajstić information content (AvgIpc) is 2.56. The van der Waals surface area contributed by atoms with Gasteiger partial charge in [-0.05, 0) is 30.2 Å². The summed E-state index contributed by atoms with van der Waals surface area (Å²) in [5, 5.41) is 13.4. The van der Waals surface area contributed by atoms with Crippen LogP contribution in [0.5, 0.6) is 0 Å². The summed E-state index contributed by atoms with van der Waals surface area (Å²) in [6, 6.07) is 18.0. The topological polar surface area (TPSA) is 61.5 Å². The second-order valence-corrected chi connectivity index (χ2v) is 6.15. The predicted octanol–water partition coefficient (Wildman–Crippen LogP) is 2.29. The summed E-state index contributed by atoms with van der Waals surface area (Å²) in [6.07, 6.45) is -0.583. The minimum absolute atomic E-state index is 0.0980. The fraction of sp³-hybridized carbons (Fsp3) is 0.368. The Labute approximate surface area is 138 Å². The van der Waals surface area contributed by atoms with Crippen molar-refractivity contribution in [2.24, 2.45) is 5.73 Å². The van der Waals surface area contributed by atoms with Gasteiger partial charge in [0.15, 0.2) is 0 Å². The first-order valence-corrected chi connectivity index (χ1v) is 7.97. The van der Waals surface area contributed by atoms with E-state index in [0.717, 1.165) is 5.56 Å². The van der Waals surface area contributed by atoms with Crippen molar-refractivity contribution in [2.75, 3.05) is 19.0 Å². The van der Waals surface area contributed by atoms with E-state index < -0.39 is 6.10 Å². The molecule has 1 unspecified atom stereocenters. The van der Waals surface area contributed by atoms with Crippen LogP contribution in [0.4, 0.5) is 5.69 Å². The van der Waals surface area contributed by atoms with Crippen molar-refractivity contribution in [3.05, 3.63) is 65.7 Å². The molecule has 0 aliphatic carbocycles. The van der Waals surface area contributed by atoms with Crippen LogP contribution in [0.25, 0.3) is 0 Å². The van der Waals surface area contributed by atoms with Gasteiger partial charge in [-0.25, -0.2) is 0 Å². The molecule has 4 nitrogen and oxygen atoms in total. The molecule has 0 aliphatic rings. The zero-order chi connectivity index (χ0) is 16.8. The molecule has 0 fully saturated rings. The Bertz CT molecular complexity index is 599. The maximum absolute atomic E-state index is 9.90. The maximum Gasteiger partial charge on any atom is 0.0681 e. The number of nitrogens with two attached hydrogens (primary N) is 1. The highest BCUT2D eigenvalue weighted by atomic mass is 16.3. The molecule has 0 aliphatic heterocycles. The minimum Gasteiger partial charge on any atom is -0.392 e. The lowest BCUT2D eigenvalue weighted by molar-refractivity contribution is 0.142. The van der Waals surface area contributed by atoms with Crippen LogP contribution in [-0.4, -0.2) is 31.3 Å². The molecule has 2 rings (SSSR count). The molecule has 4 heteroatoms. The third-order valence-electron chi connectivity index (χ3n) is 4.05. The first-order chi connectivity index (χ1) is 11.0. The third kappa shape index (κ3) is 4.79. The van der Waals surface area contributed by atoms with E-state index in [0.29, 0.717) is 6.54 Å². The highest BCUT2D eigenvalue weighted by Gasteiger charge is 2.23. The molecule has 0 saturated heterocycles. The van der Waals surface area contributed by atoms with Gasteiger partial charge in [0.25, 0.3) is 0 Å². The van der Waals surface area contributed by atoms with Gasteiger partial charge in [0.05, 0.1) is 12.1 Å². The molecule has 124 valence electrons. The zero-order valence-electron chi connectivity index (χ0n) is 14.1. The van der Waals surface area contributed by atoms with Crippen molar-refractivity contribution in [3.8, 4) is 0 Å². The van der Waals surface area contributed by atoms with Crippen LogP contribution in [0.2, 0.25) is 0 Å². The summed E-state index contributed by atoms with van der Waals surface area (Å²) < 4.78 is 0. The van der Waals surface area contributed by atoms with Gasteiger partial charge >= 0.3 is 0 Å². The molecule has 0 heterocycles. The van der Waals surface area contributed by atoms with E-state index >= 15 is 0 Å². The third-order valence-corrected chi connectivity index (χ3v) is 4.05. The number of nitrogens with one attached hydrogen (secondary N) is 1. The standard InChI is InChI=1S/C19H27N3O/c1-14(23)18(20)19(16-9-5-4-6-10-16)21-13-15-8-7-11-17(12-15)22(2)3/h4-12,14,18-19,21,23H,13,20H2,1-3H3/t14-,18-,19?/m1/s1. The molecule has 0 radical (unpaired) electrons. The van der Waals surface area contributed by atoms with Crippen LogP contribution in [0.3, 0.4) is 0 Å². The molecule has 2 aromatic rings. The SMILES string of the molecule is C[C@@H](O)[C@@H](N)C(NCc1cccc(N(C)C)c1)c1ccccc1. The molecular formula is C19H27N3O. The molecule has 3 atom stereocenters. The Kier molecular flexibility index (Phi) is 6.16. The van der Waals surface area contributed by atoms with E-state index in [2.05, 4.69) is 34.5 Å². The van der Waals surface area contributed by atoms with Gasteiger partial charge < -0.3 is 21.1 Å². The molecule has 0 saturated carbocycles. The monoisotopic (exact) mass is 313 g/mol. The Hall–Kier alpha value is -1.88. The van der Waals surface area contributed by atoms with Crippen molar-refractivity contribution in [1.29, 1.82) is 0 Å². The highest BCUT2D eigenvalue weighted by Crippen LogP contribution is 2.20. The second kappa shape index (κ2) is 8.11. The van der Waals surface area contributed by atoms with E-state index in [-0.39, 0.29) is 12.1 Å². The molecular weight excluding hydrogens is 286 g/mol. The lowest BCUT2D eigenvalue weighted by Gasteiger charge is -2.28. The number of rotatable bonds is 7. The number of aliphatic hydroxyl groups excluding tert-OH is 1. The van der Waals surface area contributed by atoms with Gasteiger partial charge in [-0.3, -0.25) is 0 Å². The lowest BCUT2D eigenvalue weighted by atomic mass is 9.96. The van der Waals surface area contributed by atoms with E-state index in [1.54, 1.807) is 6.92 Å². The summed E-state index contributed by atoms with van der Waals surface area (Å²) in [4.78, 5) is 2.08. The smallest absolute Gasteiger partial charge is 0.0681 e. The summed E-state index contributed by atoms with van der Waals surface area (Å²) in [5.74, 6) is 0. The first kappa shape index (κ1) is 17.5. The predicted molar refractivity (Wildman–Crippen MR) is 96.4 cm³/mol. The molecule has 0 amide bonds. The van der Waals surface area contributed by atoms with E-state index in [4.69, 9.17) is 5.73 Å². The summed E-state index contributed by atoms with van der Waals surface area (Å²) in [5.41, 5.74) is 9.66. The zero-order valence-corrected chi connectivity index (χ0v) is 14.1. The summed E-state index contributed by atoms with van der Waals surface area (Å²) in [7, 11) is 4.06. The van der Waals surface area contributed by atoms with E-state index in [1.807, 2.05) is 44.4 Å². The van der Waals surface area contributed by atoms with Crippen molar-refractivity contribution >= 4 is 5.69 Å². The fourth-order valence-electron chi connectivity index (χ4n) is 2.59. The van der Waals surface area contributed by atoms with Crippen LogP contribution < -0.4 is 16.0 Å². The second-order valence-electron chi connectivity index (χ2n) is 6.15. The number of anilines is 1. The summed E-state index contributed by atoms with van der Waals surface area (Å²) in [6.45, 7) is 2.43. The average molecular weight is 313 g/mol. The molecule has 23 heavy (non-hydrogen) atoms. The van der Waals surface area contributed by atoms with Crippen LogP contribution in [0.15, 0.2) is 54.6 Å². The molecule has 2 aromatic carbocycles. The van der Waals surface area contributed by atoms with E-state index in [9.17, 15) is 5.11 Å². The van der Waals surface area contributed by atoms with Gasteiger partial charge in [-0.15, -0.1) is 0 Å². The van der Waals surface area contributed by atoms with E-state index in [1.165, 1.54) is 11.3 Å². The summed E-state index contributed by atoms with van der Waals surface area (Å²) >= 11 is 0. The van der Waals surface area contributed by atoms with Crippen molar-refractivity contribution in [3.63, 3.8) is 0 Å². The highest BCUT2D eigenvalue weighted by molar-refractivity contribution is 5.47. The van der Waals surface area contributed by atoms with Crippen LogP contribution in [0, 0.1) is 0 Å². The first-order valence-electron chi connectivity index (χ1n) is 7.97. The van der Waals surface area contributed by atoms with Crippen molar-refractivity contribution in [2.45, 2.75) is 31.7 Å². The van der Waals surface area contributed by atoms with Crippen molar-refractivity contribution < 1.29 is 5.11 Å². The molecule has 4 N–H and O–H groups in total. The van der Waals surface area contributed by atoms with Crippen LogP contribution >= 0.6 is 0 Å². The number of benzene rings is 2. The largest absolute Gasteiger partial charge is 0.392 e. The van der Waals surface area contributed by atoms with Gasteiger partial charge in [-0.1, -0.05) is 42.5 Å². The molecule has 0 bridgehead atoms. The number of hydrogen-bond acceptors (Lipinski definition) is 4. The normalized spacial score (nSPS) is 15.0. The quantitative estimate of drug-likeness (QED) is 0.734. The van der Waals surface area contributed by atoms with Crippen molar-refractivity contribution in [1.82, 2.24) is 5.32 Å². The van der Waals surface area contributed by atoms with Crippen LogP contribution in [-0.2, 0) is 6.54 Å². The molecule has 0 spiro atoms.